The van der Waals surface area contributed by atoms with Crippen LogP contribution < -0.4 is 5.32 Å². The number of hydrogen-bond acceptors (Lipinski definition) is 3. The van der Waals surface area contributed by atoms with Crippen molar-refractivity contribution in [2.45, 2.75) is 24.7 Å². The summed E-state index contributed by atoms with van der Waals surface area (Å²) in [6.07, 6.45) is 3.31. The zero-order valence-electron chi connectivity index (χ0n) is 9.90. The molecular weight excluding hydrogens is 216 g/mol. The normalized spacial score (nSPS) is 33.7. The van der Waals surface area contributed by atoms with Crippen molar-refractivity contribution in [1.29, 1.82) is 0 Å². The third kappa shape index (κ3) is 1.33. The number of hydrogen-bond donors (Lipinski definition) is 1. The van der Waals surface area contributed by atoms with E-state index < -0.39 is 0 Å². The molecule has 3 aliphatic carbocycles. The average molecular weight is 232 g/mol. The van der Waals surface area contributed by atoms with Gasteiger partial charge >= 0.3 is 0 Å². The van der Waals surface area contributed by atoms with Crippen LogP contribution in [0, 0.1) is 15.5 Å². The lowest BCUT2D eigenvalue weighted by atomic mass is 9.33. The fourth-order valence-corrected chi connectivity index (χ4v) is 3.93. The molecular formula is C13H16N2O2. The number of benzene rings is 1. The average Bonchev–Trinajstić information content (AvgIpc) is 2.21. The molecule has 4 heteroatoms. The van der Waals surface area contributed by atoms with E-state index in [0.29, 0.717) is 11.1 Å². The first-order valence-electron chi connectivity index (χ1n) is 5.99. The minimum atomic E-state index is -0.250. The van der Waals surface area contributed by atoms with Crippen LogP contribution in [-0.4, -0.2) is 18.5 Å². The molecule has 1 aromatic carbocycles. The van der Waals surface area contributed by atoms with Gasteiger partial charge in [-0.15, -0.1) is 0 Å². The van der Waals surface area contributed by atoms with Gasteiger partial charge in [0.1, 0.15) is 0 Å². The third-order valence-corrected chi connectivity index (χ3v) is 4.36. The molecule has 4 rings (SSSR count). The number of nitro groups is 1. The van der Waals surface area contributed by atoms with Crippen LogP contribution in [0.4, 0.5) is 5.69 Å². The molecule has 0 atom stereocenters. The van der Waals surface area contributed by atoms with Crippen molar-refractivity contribution < 1.29 is 4.92 Å². The highest BCUT2D eigenvalue weighted by atomic mass is 16.6. The van der Waals surface area contributed by atoms with E-state index in [0.717, 1.165) is 31.4 Å². The Kier molecular flexibility index (Phi) is 2.08. The highest BCUT2D eigenvalue weighted by Gasteiger charge is 2.68. The van der Waals surface area contributed by atoms with Crippen molar-refractivity contribution in [3.8, 4) is 0 Å². The van der Waals surface area contributed by atoms with E-state index in [2.05, 4.69) is 5.32 Å². The molecule has 90 valence electrons. The zero-order valence-corrected chi connectivity index (χ0v) is 9.90. The molecule has 0 saturated heterocycles. The lowest BCUT2D eigenvalue weighted by Gasteiger charge is -2.71. The second-order valence-electron chi connectivity index (χ2n) is 5.62. The molecule has 1 aromatic rings. The molecule has 4 nitrogen and oxygen atoms in total. The van der Waals surface area contributed by atoms with Gasteiger partial charge in [-0.1, -0.05) is 18.2 Å². The van der Waals surface area contributed by atoms with Gasteiger partial charge in [0.25, 0.3) is 5.69 Å². The van der Waals surface area contributed by atoms with Crippen molar-refractivity contribution in [1.82, 2.24) is 5.32 Å². The van der Waals surface area contributed by atoms with Crippen LogP contribution in [0.25, 0.3) is 0 Å². The Morgan fingerprint density at radius 2 is 2.00 bits per heavy atom. The molecule has 0 unspecified atom stereocenters. The van der Waals surface area contributed by atoms with Gasteiger partial charge < -0.3 is 5.32 Å². The SMILES string of the molecule is CNCC12CC(c3ccccc3[N+](=O)[O-])(C1)C2. The number of nitrogens with zero attached hydrogens (tertiary/aromatic N) is 1. The monoisotopic (exact) mass is 232 g/mol. The molecule has 3 saturated carbocycles. The first-order valence-corrected chi connectivity index (χ1v) is 5.99. The van der Waals surface area contributed by atoms with Gasteiger partial charge in [-0.25, -0.2) is 0 Å². The highest BCUT2D eigenvalue weighted by molar-refractivity contribution is 5.51. The second-order valence-corrected chi connectivity index (χ2v) is 5.62. The standard InChI is InChI=1S/C13H16N2O2/c1-14-9-12-6-13(7-12,8-12)10-4-2-3-5-11(10)15(16)17/h2-5,14H,6-9H2,1H3. The van der Waals surface area contributed by atoms with Crippen LogP contribution in [0.2, 0.25) is 0 Å². The number of para-hydroxylation sites is 1. The predicted octanol–water partition coefficient (Wildman–Crippen LogP) is 2.24. The van der Waals surface area contributed by atoms with Crippen molar-refractivity contribution in [3.63, 3.8) is 0 Å². The maximum absolute atomic E-state index is 11.0. The molecule has 0 heterocycles. The van der Waals surface area contributed by atoms with Crippen LogP contribution in [0.15, 0.2) is 24.3 Å². The van der Waals surface area contributed by atoms with Gasteiger partial charge in [0.2, 0.25) is 0 Å². The van der Waals surface area contributed by atoms with E-state index in [9.17, 15) is 10.1 Å². The molecule has 0 spiro atoms. The number of nitrogens with one attached hydrogen (secondary N) is 1. The zero-order chi connectivity index (χ0) is 12.1. The van der Waals surface area contributed by atoms with Crippen LogP contribution in [0.5, 0.6) is 0 Å². The minimum Gasteiger partial charge on any atom is -0.319 e. The second kappa shape index (κ2) is 3.29. The Morgan fingerprint density at radius 1 is 1.35 bits per heavy atom. The van der Waals surface area contributed by atoms with Crippen LogP contribution in [0.3, 0.4) is 0 Å². The first-order chi connectivity index (χ1) is 8.11. The van der Waals surface area contributed by atoms with Gasteiger partial charge in [-0.2, -0.15) is 0 Å². The summed E-state index contributed by atoms with van der Waals surface area (Å²) in [4.78, 5) is 10.8. The molecule has 0 aliphatic heterocycles. The van der Waals surface area contributed by atoms with Gasteiger partial charge in [0, 0.05) is 23.6 Å². The van der Waals surface area contributed by atoms with Gasteiger partial charge in [0.05, 0.1) is 4.92 Å². The molecule has 0 radical (unpaired) electrons. The Morgan fingerprint density at radius 3 is 2.59 bits per heavy atom. The van der Waals surface area contributed by atoms with E-state index in [1.54, 1.807) is 12.1 Å². The fraction of sp³-hybridized carbons (Fsp3) is 0.538. The molecule has 0 aromatic heterocycles. The highest BCUT2D eigenvalue weighted by Crippen LogP contribution is 2.74. The van der Waals surface area contributed by atoms with Crippen molar-refractivity contribution in [3.05, 3.63) is 39.9 Å². The van der Waals surface area contributed by atoms with Crippen LogP contribution in [0.1, 0.15) is 24.8 Å². The molecule has 1 N–H and O–H groups in total. The van der Waals surface area contributed by atoms with Crippen LogP contribution >= 0.6 is 0 Å². The lowest BCUT2D eigenvalue weighted by Crippen LogP contribution is -2.67. The maximum atomic E-state index is 11.0. The summed E-state index contributed by atoms with van der Waals surface area (Å²) in [6.45, 7) is 1.04. The van der Waals surface area contributed by atoms with Gasteiger partial charge in [-0.3, -0.25) is 10.1 Å². The van der Waals surface area contributed by atoms with Crippen LogP contribution in [-0.2, 0) is 5.41 Å². The summed E-state index contributed by atoms with van der Waals surface area (Å²) in [5.41, 5.74) is 1.78. The summed E-state index contributed by atoms with van der Waals surface area (Å²) in [5.74, 6) is 0. The lowest BCUT2D eigenvalue weighted by molar-refractivity contribution is -0.387. The van der Waals surface area contributed by atoms with Crippen molar-refractivity contribution in [2.75, 3.05) is 13.6 Å². The topological polar surface area (TPSA) is 55.2 Å². The van der Waals surface area contributed by atoms with Crippen molar-refractivity contribution >= 4 is 5.69 Å². The third-order valence-electron chi connectivity index (χ3n) is 4.36. The Labute approximate surface area is 100 Å². The first kappa shape index (κ1) is 10.7. The van der Waals surface area contributed by atoms with E-state index in [1.807, 2.05) is 19.2 Å². The Hall–Kier alpha value is -1.42. The van der Waals surface area contributed by atoms with E-state index >= 15 is 0 Å². The summed E-state index contributed by atoms with van der Waals surface area (Å²) in [7, 11) is 1.97. The van der Waals surface area contributed by atoms with E-state index in [4.69, 9.17) is 0 Å². The van der Waals surface area contributed by atoms with E-state index in [-0.39, 0.29) is 10.3 Å². The molecule has 0 amide bonds. The van der Waals surface area contributed by atoms with E-state index in [1.165, 1.54) is 0 Å². The summed E-state index contributed by atoms with van der Waals surface area (Å²) < 4.78 is 0. The fourth-order valence-electron chi connectivity index (χ4n) is 3.93. The smallest absolute Gasteiger partial charge is 0.273 e. The molecule has 3 fully saturated rings. The summed E-state index contributed by atoms with van der Waals surface area (Å²) in [5, 5.41) is 14.2. The minimum absolute atomic E-state index is 0.112. The largest absolute Gasteiger partial charge is 0.319 e. The molecule has 2 bridgehead atoms. The quantitative estimate of drug-likeness (QED) is 0.639. The van der Waals surface area contributed by atoms with Gasteiger partial charge in [0.15, 0.2) is 0 Å². The Bertz CT molecular complexity index is 464. The molecule has 17 heavy (non-hydrogen) atoms. The maximum Gasteiger partial charge on any atom is 0.273 e. The van der Waals surface area contributed by atoms with Crippen molar-refractivity contribution in [2.24, 2.45) is 5.41 Å². The summed E-state index contributed by atoms with van der Waals surface area (Å²) in [6, 6.07) is 7.21. The Balaban J connectivity index is 1.87. The van der Waals surface area contributed by atoms with Gasteiger partial charge in [-0.05, 0) is 31.7 Å². The summed E-state index contributed by atoms with van der Waals surface area (Å²) >= 11 is 0. The predicted molar refractivity (Wildman–Crippen MR) is 65.0 cm³/mol. The molecule has 3 aliphatic rings. The number of nitro benzene ring substituents is 1. The number of rotatable bonds is 4.